The zero-order valence-corrected chi connectivity index (χ0v) is 11.9. The third-order valence-corrected chi connectivity index (χ3v) is 3.67. The number of hydrogen-bond acceptors (Lipinski definition) is 3. The summed E-state index contributed by atoms with van der Waals surface area (Å²) in [5, 5.41) is 12.3. The van der Waals surface area contributed by atoms with Gasteiger partial charge in [-0.3, -0.25) is 4.79 Å². The normalized spacial score (nSPS) is 24.6. The number of hydrogen-bond donors (Lipinski definition) is 2. The van der Waals surface area contributed by atoms with Crippen molar-refractivity contribution in [1.29, 1.82) is 0 Å². The number of anilines is 1. The molecule has 2 unspecified atom stereocenters. The fourth-order valence-electron chi connectivity index (χ4n) is 2.16. The van der Waals surface area contributed by atoms with Crippen LogP contribution >= 0.6 is 15.9 Å². The first kappa shape index (κ1) is 13.4. The number of halogens is 1. The fraction of sp³-hybridized carbons (Fsp3) is 0.462. The molecule has 98 valence electrons. The van der Waals surface area contributed by atoms with Crippen molar-refractivity contribution in [3.8, 4) is 0 Å². The number of benzene rings is 1. The van der Waals surface area contributed by atoms with Crippen molar-refractivity contribution in [2.75, 3.05) is 24.6 Å². The third-order valence-electron chi connectivity index (χ3n) is 3.14. The molecule has 1 aromatic rings. The summed E-state index contributed by atoms with van der Waals surface area (Å²) in [6.07, 6.45) is 0. The number of carbonyl (C=O) groups excluding carboxylic acids is 1. The van der Waals surface area contributed by atoms with Crippen LogP contribution in [0.4, 0.5) is 5.69 Å². The monoisotopic (exact) mass is 312 g/mol. The van der Waals surface area contributed by atoms with Gasteiger partial charge in [-0.1, -0.05) is 22.9 Å². The van der Waals surface area contributed by atoms with Gasteiger partial charge in [-0.15, -0.1) is 0 Å². The standard InChI is InChI=1S/C13H17BrN2O2/c1-9-6-15-13(18)12(8-17)16(7-9)11-4-2-10(14)3-5-11/h2-5,9,12,17H,6-8H2,1H3,(H,15,18). The maximum atomic E-state index is 11.9. The molecule has 18 heavy (non-hydrogen) atoms. The van der Waals surface area contributed by atoms with E-state index in [0.29, 0.717) is 12.5 Å². The molecule has 1 aliphatic rings. The number of aliphatic hydroxyl groups excluding tert-OH is 1. The van der Waals surface area contributed by atoms with Crippen molar-refractivity contribution in [3.63, 3.8) is 0 Å². The number of rotatable bonds is 2. The van der Waals surface area contributed by atoms with E-state index < -0.39 is 6.04 Å². The van der Waals surface area contributed by atoms with E-state index in [-0.39, 0.29) is 12.5 Å². The number of nitrogens with zero attached hydrogens (tertiary/aromatic N) is 1. The highest BCUT2D eigenvalue weighted by Gasteiger charge is 2.29. The second-order valence-corrected chi connectivity index (χ2v) is 5.59. The summed E-state index contributed by atoms with van der Waals surface area (Å²) in [7, 11) is 0. The first-order valence-electron chi connectivity index (χ1n) is 6.02. The summed E-state index contributed by atoms with van der Waals surface area (Å²) in [6, 6.07) is 7.29. The molecule has 0 spiro atoms. The molecular weight excluding hydrogens is 296 g/mol. The highest BCUT2D eigenvalue weighted by Crippen LogP contribution is 2.23. The second kappa shape index (κ2) is 5.71. The molecular formula is C13H17BrN2O2. The molecule has 4 nitrogen and oxygen atoms in total. The average Bonchev–Trinajstić information content (AvgIpc) is 2.50. The van der Waals surface area contributed by atoms with Crippen molar-refractivity contribution in [2.45, 2.75) is 13.0 Å². The maximum Gasteiger partial charge on any atom is 0.245 e. The van der Waals surface area contributed by atoms with E-state index in [9.17, 15) is 9.90 Å². The van der Waals surface area contributed by atoms with E-state index in [2.05, 4.69) is 28.2 Å². The van der Waals surface area contributed by atoms with Gasteiger partial charge in [-0.2, -0.15) is 0 Å². The summed E-state index contributed by atoms with van der Waals surface area (Å²) < 4.78 is 0.999. The Morgan fingerprint density at radius 2 is 2.11 bits per heavy atom. The lowest BCUT2D eigenvalue weighted by Gasteiger charge is -2.30. The first-order valence-corrected chi connectivity index (χ1v) is 6.82. The van der Waals surface area contributed by atoms with Gasteiger partial charge >= 0.3 is 0 Å². The summed E-state index contributed by atoms with van der Waals surface area (Å²) in [4.78, 5) is 13.9. The molecule has 1 amide bonds. The van der Waals surface area contributed by atoms with Crippen molar-refractivity contribution in [2.24, 2.45) is 5.92 Å². The molecule has 5 heteroatoms. The summed E-state index contributed by atoms with van der Waals surface area (Å²) in [5.41, 5.74) is 0.959. The van der Waals surface area contributed by atoms with Gasteiger partial charge in [-0.25, -0.2) is 0 Å². The Labute approximate surface area is 115 Å². The van der Waals surface area contributed by atoms with Crippen molar-refractivity contribution in [3.05, 3.63) is 28.7 Å². The lowest BCUT2D eigenvalue weighted by Crippen LogP contribution is -2.47. The molecule has 0 aliphatic carbocycles. The number of nitrogens with one attached hydrogen (secondary N) is 1. The predicted molar refractivity (Wildman–Crippen MR) is 74.5 cm³/mol. The van der Waals surface area contributed by atoms with Gasteiger partial charge in [0.05, 0.1) is 6.61 Å². The average molecular weight is 313 g/mol. The maximum absolute atomic E-state index is 11.9. The van der Waals surface area contributed by atoms with E-state index in [4.69, 9.17) is 0 Å². The SMILES string of the molecule is CC1CNC(=O)C(CO)N(c2ccc(Br)cc2)C1. The Balaban J connectivity index is 2.30. The van der Waals surface area contributed by atoms with E-state index in [1.54, 1.807) is 0 Å². The van der Waals surface area contributed by atoms with Crippen LogP contribution < -0.4 is 10.2 Å². The van der Waals surface area contributed by atoms with Crippen molar-refractivity contribution < 1.29 is 9.90 Å². The van der Waals surface area contributed by atoms with Crippen LogP contribution in [0.5, 0.6) is 0 Å². The first-order chi connectivity index (χ1) is 8.61. The molecule has 0 saturated carbocycles. The van der Waals surface area contributed by atoms with E-state index >= 15 is 0 Å². The Morgan fingerprint density at radius 3 is 2.72 bits per heavy atom. The minimum absolute atomic E-state index is 0.107. The Kier molecular flexibility index (Phi) is 4.24. The molecule has 0 bridgehead atoms. The Bertz CT molecular complexity index is 422. The zero-order valence-electron chi connectivity index (χ0n) is 10.3. The molecule has 1 aliphatic heterocycles. The van der Waals surface area contributed by atoms with Gasteiger partial charge in [0.1, 0.15) is 6.04 Å². The van der Waals surface area contributed by atoms with Crippen LogP contribution in [-0.2, 0) is 4.79 Å². The number of aliphatic hydroxyl groups is 1. The highest BCUT2D eigenvalue weighted by atomic mass is 79.9. The largest absolute Gasteiger partial charge is 0.394 e. The van der Waals surface area contributed by atoms with E-state index in [1.807, 2.05) is 29.2 Å². The van der Waals surface area contributed by atoms with Gasteiger partial charge < -0.3 is 15.3 Å². The quantitative estimate of drug-likeness (QED) is 0.867. The van der Waals surface area contributed by atoms with E-state index in [1.165, 1.54) is 0 Å². The lowest BCUT2D eigenvalue weighted by molar-refractivity contribution is -0.122. The predicted octanol–water partition coefficient (Wildman–Crippen LogP) is 1.38. The molecule has 0 aromatic heterocycles. The highest BCUT2D eigenvalue weighted by molar-refractivity contribution is 9.10. The Morgan fingerprint density at radius 1 is 1.44 bits per heavy atom. The summed E-state index contributed by atoms with van der Waals surface area (Å²) in [6.45, 7) is 3.33. The zero-order chi connectivity index (χ0) is 13.1. The summed E-state index contributed by atoms with van der Waals surface area (Å²) in [5.74, 6) is 0.249. The molecule has 1 aromatic carbocycles. The topological polar surface area (TPSA) is 52.6 Å². The van der Waals surface area contributed by atoms with Crippen LogP contribution in [0.2, 0.25) is 0 Å². The number of amides is 1. The molecule has 0 radical (unpaired) electrons. The van der Waals surface area contributed by atoms with Crippen LogP contribution in [0.15, 0.2) is 28.7 Å². The molecule has 1 saturated heterocycles. The fourth-order valence-corrected chi connectivity index (χ4v) is 2.43. The van der Waals surface area contributed by atoms with Crippen LogP contribution in [-0.4, -0.2) is 36.8 Å². The minimum Gasteiger partial charge on any atom is -0.394 e. The molecule has 1 fully saturated rings. The van der Waals surface area contributed by atoms with Gasteiger partial charge in [0, 0.05) is 23.2 Å². The number of carbonyl (C=O) groups is 1. The molecule has 1 heterocycles. The Hall–Kier alpha value is -1.07. The van der Waals surface area contributed by atoms with Gasteiger partial charge in [0.15, 0.2) is 0 Å². The molecule has 2 N–H and O–H groups in total. The van der Waals surface area contributed by atoms with Crippen molar-refractivity contribution >= 4 is 27.5 Å². The van der Waals surface area contributed by atoms with Crippen LogP contribution in [0.1, 0.15) is 6.92 Å². The van der Waals surface area contributed by atoms with Gasteiger partial charge in [0.25, 0.3) is 0 Å². The van der Waals surface area contributed by atoms with Crippen molar-refractivity contribution in [1.82, 2.24) is 5.32 Å². The smallest absolute Gasteiger partial charge is 0.245 e. The molecule has 2 rings (SSSR count). The summed E-state index contributed by atoms with van der Waals surface area (Å²) >= 11 is 3.39. The third kappa shape index (κ3) is 2.84. The van der Waals surface area contributed by atoms with Crippen LogP contribution in [0.25, 0.3) is 0 Å². The van der Waals surface area contributed by atoms with Crippen LogP contribution in [0.3, 0.4) is 0 Å². The molecule has 2 atom stereocenters. The van der Waals surface area contributed by atoms with Crippen LogP contribution in [0, 0.1) is 5.92 Å². The lowest BCUT2D eigenvalue weighted by atomic mass is 10.1. The van der Waals surface area contributed by atoms with E-state index in [0.717, 1.165) is 16.7 Å². The minimum atomic E-state index is -0.504. The van der Waals surface area contributed by atoms with Gasteiger partial charge in [-0.05, 0) is 30.2 Å². The second-order valence-electron chi connectivity index (χ2n) is 4.68. The van der Waals surface area contributed by atoms with Gasteiger partial charge in [0.2, 0.25) is 5.91 Å².